The van der Waals surface area contributed by atoms with Crippen LogP contribution in [0.4, 0.5) is 11.6 Å². The number of hydrogen-bond acceptors (Lipinski definition) is 6. The van der Waals surface area contributed by atoms with Crippen molar-refractivity contribution < 1.29 is 0 Å². The number of anilines is 2. The van der Waals surface area contributed by atoms with Crippen molar-refractivity contribution in [3.05, 3.63) is 54.1 Å². The SMILES string of the molecule is CC(C)n1c2ccccc2c2nnc(N/N=C/c3ccc(N(C)C)cc3)nc21. The van der Waals surface area contributed by atoms with Crippen LogP contribution in [0.1, 0.15) is 25.5 Å². The van der Waals surface area contributed by atoms with Gasteiger partial charge in [0.15, 0.2) is 5.65 Å². The van der Waals surface area contributed by atoms with Crippen LogP contribution in [0.3, 0.4) is 0 Å². The fourth-order valence-corrected chi connectivity index (χ4v) is 3.25. The first-order valence-electron chi connectivity index (χ1n) is 9.24. The molecule has 0 bridgehead atoms. The van der Waals surface area contributed by atoms with Crippen molar-refractivity contribution in [1.29, 1.82) is 0 Å². The smallest absolute Gasteiger partial charge is 0.265 e. The van der Waals surface area contributed by atoms with Crippen molar-refractivity contribution >= 4 is 39.9 Å². The average molecular weight is 373 g/mol. The highest BCUT2D eigenvalue weighted by Gasteiger charge is 2.16. The summed E-state index contributed by atoms with van der Waals surface area (Å²) in [5.41, 5.74) is 7.74. The topological polar surface area (TPSA) is 71.2 Å². The van der Waals surface area contributed by atoms with Gasteiger partial charge in [0.2, 0.25) is 0 Å². The van der Waals surface area contributed by atoms with Crippen LogP contribution in [0.5, 0.6) is 0 Å². The van der Waals surface area contributed by atoms with Gasteiger partial charge in [-0.25, -0.2) is 5.43 Å². The summed E-state index contributed by atoms with van der Waals surface area (Å²) >= 11 is 0. The fourth-order valence-electron chi connectivity index (χ4n) is 3.25. The van der Waals surface area contributed by atoms with Gasteiger partial charge in [0.25, 0.3) is 5.95 Å². The maximum Gasteiger partial charge on any atom is 0.265 e. The Labute approximate surface area is 163 Å². The van der Waals surface area contributed by atoms with E-state index in [9.17, 15) is 0 Å². The molecule has 0 amide bonds. The molecule has 2 heterocycles. The Hall–Kier alpha value is -3.48. The van der Waals surface area contributed by atoms with Crippen LogP contribution in [-0.2, 0) is 0 Å². The molecule has 0 aliphatic carbocycles. The van der Waals surface area contributed by atoms with E-state index in [4.69, 9.17) is 0 Å². The van der Waals surface area contributed by atoms with Gasteiger partial charge in [-0.3, -0.25) is 0 Å². The molecule has 2 aromatic carbocycles. The van der Waals surface area contributed by atoms with Crippen molar-refractivity contribution in [2.75, 3.05) is 24.4 Å². The molecule has 2 aromatic heterocycles. The molecule has 7 nitrogen and oxygen atoms in total. The summed E-state index contributed by atoms with van der Waals surface area (Å²) in [5.74, 6) is 0.373. The van der Waals surface area contributed by atoms with Crippen molar-refractivity contribution in [3.8, 4) is 0 Å². The number of rotatable bonds is 5. The van der Waals surface area contributed by atoms with E-state index in [-0.39, 0.29) is 6.04 Å². The number of hydrazone groups is 1. The second-order valence-corrected chi connectivity index (χ2v) is 7.14. The molecule has 0 aliphatic heterocycles. The zero-order valence-electron chi connectivity index (χ0n) is 16.5. The van der Waals surface area contributed by atoms with Crippen molar-refractivity contribution in [2.45, 2.75) is 19.9 Å². The Kier molecular flexibility index (Phi) is 4.65. The van der Waals surface area contributed by atoms with Gasteiger partial charge < -0.3 is 9.47 Å². The van der Waals surface area contributed by atoms with E-state index in [2.05, 4.69) is 61.2 Å². The molecule has 0 saturated carbocycles. The van der Waals surface area contributed by atoms with Gasteiger partial charge in [-0.1, -0.05) is 30.3 Å². The molecule has 4 rings (SSSR count). The second-order valence-electron chi connectivity index (χ2n) is 7.14. The highest BCUT2D eigenvalue weighted by atomic mass is 15.4. The molecule has 0 aliphatic rings. The van der Waals surface area contributed by atoms with Gasteiger partial charge in [0.1, 0.15) is 5.52 Å². The van der Waals surface area contributed by atoms with E-state index in [0.29, 0.717) is 5.95 Å². The molecule has 0 fully saturated rings. The lowest BCUT2D eigenvalue weighted by atomic mass is 10.2. The summed E-state index contributed by atoms with van der Waals surface area (Å²) in [6.45, 7) is 4.27. The summed E-state index contributed by atoms with van der Waals surface area (Å²) in [5, 5.41) is 13.9. The van der Waals surface area contributed by atoms with Crippen LogP contribution in [0, 0.1) is 0 Å². The normalized spacial score (nSPS) is 11.8. The molecule has 0 radical (unpaired) electrons. The molecular weight excluding hydrogens is 350 g/mol. The minimum Gasteiger partial charge on any atom is -0.378 e. The summed E-state index contributed by atoms with van der Waals surface area (Å²) in [4.78, 5) is 6.72. The molecule has 1 N–H and O–H groups in total. The molecule has 4 aromatic rings. The number of hydrogen-bond donors (Lipinski definition) is 1. The number of aromatic nitrogens is 4. The number of fused-ring (bicyclic) bond motifs is 3. The minimum absolute atomic E-state index is 0.255. The predicted molar refractivity (Wildman–Crippen MR) is 115 cm³/mol. The molecule has 0 spiro atoms. The Morgan fingerprint density at radius 3 is 2.50 bits per heavy atom. The van der Waals surface area contributed by atoms with E-state index in [1.54, 1.807) is 6.21 Å². The number of para-hydroxylation sites is 1. The van der Waals surface area contributed by atoms with Crippen LogP contribution in [-0.4, -0.2) is 40.1 Å². The zero-order chi connectivity index (χ0) is 19.7. The van der Waals surface area contributed by atoms with Crippen LogP contribution < -0.4 is 10.3 Å². The van der Waals surface area contributed by atoms with Gasteiger partial charge in [0.05, 0.1) is 11.7 Å². The number of nitrogens with zero attached hydrogens (tertiary/aromatic N) is 6. The monoisotopic (exact) mass is 373 g/mol. The molecular formula is C21H23N7. The van der Waals surface area contributed by atoms with E-state index in [1.807, 2.05) is 50.5 Å². The van der Waals surface area contributed by atoms with E-state index in [0.717, 1.165) is 33.3 Å². The first kappa shape index (κ1) is 17.9. The third-order valence-corrected chi connectivity index (χ3v) is 4.62. The molecule has 28 heavy (non-hydrogen) atoms. The van der Waals surface area contributed by atoms with Crippen LogP contribution in [0.15, 0.2) is 53.6 Å². The number of benzene rings is 2. The Balaban J connectivity index is 1.63. The molecule has 0 unspecified atom stereocenters. The Morgan fingerprint density at radius 2 is 1.79 bits per heavy atom. The molecule has 142 valence electrons. The summed E-state index contributed by atoms with van der Waals surface area (Å²) in [6, 6.07) is 16.5. The average Bonchev–Trinajstić information content (AvgIpc) is 3.02. The van der Waals surface area contributed by atoms with Crippen molar-refractivity contribution in [2.24, 2.45) is 5.10 Å². The molecule has 7 heteroatoms. The van der Waals surface area contributed by atoms with Crippen LogP contribution >= 0.6 is 0 Å². The highest BCUT2D eigenvalue weighted by molar-refractivity contribution is 6.04. The highest BCUT2D eigenvalue weighted by Crippen LogP contribution is 2.29. The second kappa shape index (κ2) is 7.26. The first-order chi connectivity index (χ1) is 13.5. The lowest BCUT2D eigenvalue weighted by Crippen LogP contribution is -2.08. The summed E-state index contributed by atoms with van der Waals surface area (Å²) < 4.78 is 2.17. The van der Waals surface area contributed by atoms with E-state index >= 15 is 0 Å². The molecule has 0 atom stereocenters. The van der Waals surface area contributed by atoms with E-state index < -0.39 is 0 Å². The van der Waals surface area contributed by atoms with Gasteiger partial charge in [0, 0.05) is 31.2 Å². The van der Waals surface area contributed by atoms with Crippen molar-refractivity contribution in [1.82, 2.24) is 19.7 Å². The minimum atomic E-state index is 0.255. The lowest BCUT2D eigenvalue weighted by Gasteiger charge is -2.11. The number of nitrogens with one attached hydrogen (secondary N) is 1. The Morgan fingerprint density at radius 1 is 1.04 bits per heavy atom. The molecule has 0 saturated heterocycles. The summed E-state index contributed by atoms with van der Waals surface area (Å²) in [7, 11) is 4.03. The standard InChI is InChI=1S/C21H23N7/c1-14(2)28-18-8-6-5-7-17(18)19-20(28)23-21(26-24-19)25-22-13-15-9-11-16(12-10-15)27(3)4/h5-14H,1-4H3,(H,23,25,26)/b22-13+. The third kappa shape index (κ3) is 3.26. The lowest BCUT2D eigenvalue weighted by molar-refractivity contribution is 0.636. The van der Waals surface area contributed by atoms with Crippen molar-refractivity contribution in [3.63, 3.8) is 0 Å². The van der Waals surface area contributed by atoms with Crippen LogP contribution in [0.2, 0.25) is 0 Å². The quantitative estimate of drug-likeness (QED) is 0.422. The van der Waals surface area contributed by atoms with E-state index in [1.165, 1.54) is 0 Å². The maximum absolute atomic E-state index is 4.66. The fraction of sp³-hybridized carbons (Fsp3) is 0.238. The van der Waals surface area contributed by atoms with Crippen LogP contribution in [0.25, 0.3) is 22.1 Å². The Bertz CT molecular complexity index is 1140. The van der Waals surface area contributed by atoms with Gasteiger partial charge >= 0.3 is 0 Å². The van der Waals surface area contributed by atoms with Gasteiger partial charge in [-0.15, -0.1) is 10.2 Å². The van der Waals surface area contributed by atoms with Gasteiger partial charge in [-0.05, 0) is 37.6 Å². The first-order valence-corrected chi connectivity index (χ1v) is 9.24. The third-order valence-electron chi connectivity index (χ3n) is 4.62. The largest absolute Gasteiger partial charge is 0.378 e. The maximum atomic E-state index is 4.66. The predicted octanol–water partition coefficient (Wildman–Crippen LogP) is 4.07. The summed E-state index contributed by atoms with van der Waals surface area (Å²) in [6.07, 6.45) is 1.74. The van der Waals surface area contributed by atoms with Gasteiger partial charge in [-0.2, -0.15) is 10.1 Å². The zero-order valence-corrected chi connectivity index (χ0v) is 16.5.